The van der Waals surface area contributed by atoms with Crippen LogP contribution in [-0.2, 0) is 4.74 Å². The molecular weight excluding hydrogens is 214 g/mol. The van der Waals surface area contributed by atoms with Crippen molar-refractivity contribution in [2.75, 3.05) is 39.8 Å². The molecule has 1 aliphatic heterocycles. The van der Waals surface area contributed by atoms with Crippen molar-refractivity contribution in [1.29, 1.82) is 5.26 Å². The third-order valence-electron chi connectivity index (χ3n) is 3.72. The summed E-state index contributed by atoms with van der Waals surface area (Å²) in [7, 11) is 1.77. The van der Waals surface area contributed by atoms with Crippen molar-refractivity contribution >= 4 is 0 Å². The summed E-state index contributed by atoms with van der Waals surface area (Å²) in [5.41, 5.74) is -0.0307. The van der Waals surface area contributed by atoms with Gasteiger partial charge in [-0.1, -0.05) is 0 Å². The van der Waals surface area contributed by atoms with Gasteiger partial charge in [0.25, 0.3) is 0 Å². The second-order valence-corrected chi connectivity index (χ2v) is 5.40. The lowest BCUT2D eigenvalue weighted by Crippen LogP contribution is -2.50. The number of hydrogen-bond acceptors (Lipinski definition) is 4. The summed E-state index contributed by atoms with van der Waals surface area (Å²) in [6.45, 7) is 11.4. The zero-order valence-corrected chi connectivity index (χ0v) is 11.6. The molecule has 1 saturated heterocycles. The van der Waals surface area contributed by atoms with Crippen LogP contribution in [0.1, 0.15) is 27.2 Å². The standard InChI is InChI=1S/C13H25N3O/c1-12(11-14)16-9-7-15(8-10-16)6-5-13(2,3)17-4/h12H,5-10H2,1-4H3. The Bertz CT molecular complexity index is 264. The highest BCUT2D eigenvalue weighted by Crippen LogP contribution is 2.14. The molecule has 0 bridgehead atoms. The topological polar surface area (TPSA) is 39.5 Å². The van der Waals surface area contributed by atoms with Crippen LogP contribution < -0.4 is 0 Å². The first-order valence-corrected chi connectivity index (χ1v) is 6.39. The highest BCUT2D eigenvalue weighted by Gasteiger charge is 2.23. The lowest BCUT2D eigenvalue weighted by molar-refractivity contribution is 0.00271. The van der Waals surface area contributed by atoms with Crippen LogP contribution in [0.2, 0.25) is 0 Å². The van der Waals surface area contributed by atoms with Crippen LogP contribution in [0.15, 0.2) is 0 Å². The van der Waals surface area contributed by atoms with Crippen LogP contribution in [0.4, 0.5) is 0 Å². The molecule has 98 valence electrons. The molecule has 1 unspecified atom stereocenters. The van der Waals surface area contributed by atoms with Crippen LogP contribution in [0.3, 0.4) is 0 Å². The van der Waals surface area contributed by atoms with Crippen molar-refractivity contribution in [1.82, 2.24) is 9.80 Å². The average molecular weight is 239 g/mol. The number of piperazine rings is 1. The number of methoxy groups -OCH3 is 1. The van der Waals surface area contributed by atoms with Gasteiger partial charge in [0.15, 0.2) is 0 Å². The molecule has 0 aromatic carbocycles. The number of nitriles is 1. The maximum Gasteiger partial charge on any atom is 0.0950 e. The second-order valence-electron chi connectivity index (χ2n) is 5.40. The van der Waals surface area contributed by atoms with Gasteiger partial charge in [-0.05, 0) is 27.2 Å². The second kappa shape index (κ2) is 6.34. The molecule has 0 amide bonds. The summed E-state index contributed by atoms with van der Waals surface area (Å²) in [6, 6.07) is 2.35. The quantitative estimate of drug-likeness (QED) is 0.725. The molecule has 1 atom stereocenters. The van der Waals surface area contributed by atoms with Crippen molar-refractivity contribution < 1.29 is 4.74 Å². The average Bonchev–Trinajstić information content (AvgIpc) is 2.36. The molecule has 0 saturated carbocycles. The molecule has 0 aromatic heterocycles. The zero-order valence-electron chi connectivity index (χ0n) is 11.6. The summed E-state index contributed by atoms with van der Waals surface area (Å²) >= 11 is 0. The Labute approximate surface area is 105 Å². The molecule has 0 radical (unpaired) electrons. The summed E-state index contributed by atoms with van der Waals surface area (Å²) in [5, 5.41) is 8.87. The molecule has 17 heavy (non-hydrogen) atoms. The lowest BCUT2D eigenvalue weighted by atomic mass is 10.0. The minimum atomic E-state index is -0.0307. The highest BCUT2D eigenvalue weighted by molar-refractivity contribution is 4.90. The first-order valence-electron chi connectivity index (χ1n) is 6.39. The molecule has 1 aliphatic rings. The summed E-state index contributed by atoms with van der Waals surface area (Å²) < 4.78 is 5.43. The van der Waals surface area contributed by atoms with Crippen LogP contribution >= 0.6 is 0 Å². The summed E-state index contributed by atoms with van der Waals surface area (Å²) in [6.07, 6.45) is 1.05. The Morgan fingerprint density at radius 1 is 1.29 bits per heavy atom. The molecule has 4 nitrogen and oxygen atoms in total. The summed E-state index contributed by atoms with van der Waals surface area (Å²) in [4.78, 5) is 4.71. The van der Waals surface area contributed by atoms with E-state index >= 15 is 0 Å². The maximum atomic E-state index is 8.87. The molecule has 4 heteroatoms. The normalized spacial score (nSPS) is 21.1. The Morgan fingerprint density at radius 3 is 2.35 bits per heavy atom. The fourth-order valence-corrected chi connectivity index (χ4v) is 1.99. The monoisotopic (exact) mass is 239 g/mol. The van der Waals surface area contributed by atoms with Crippen molar-refractivity contribution in [2.24, 2.45) is 0 Å². The fraction of sp³-hybridized carbons (Fsp3) is 0.923. The van der Waals surface area contributed by atoms with Crippen LogP contribution in [0.5, 0.6) is 0 Å². The maximum absolute atomic E-state index is 8.87. The van der Waals surface area contributed by atoms with E-state index < -0.39 is 0 Å². The van der Waals surface area contributed by atoms with Crippen molar-refractivity contribution in [3.05, 3.63) is 0 Å². The number of hydrogen-bond donors (Lipinski definition) is 0. The van der Waals surface area contributed by atoms with Gasteiger partial charge in [0.05, 0.1) is 17.7 Å². The third kappa shape index (κ3) is 4.63. The van der Waals surface area contributed by atoms with Gasteiger partial charge < -0.3 is 9.64 Å². The molecule has 1 rings (SSSR count). The third-order valence-corrected chi connectivity index (χ3v) is 3.72. The SMILES string of the molecule is COC(C)(C)CCN1CCN(C(C)C#N)CC1. The van der Waals surface area contributed by atoms with E-state index in [1.54, 1.807) is 7.11 Å². The van der Waals surface area contributed by atoms with E-state index in [-0.39, 0.29) is 11.6 Å². The van der Waals surface area contributed by atoms with Crippen LogP contribution in [0.25, 0.3) is 0 Å². The van der Waals surface area contributed by atoms with Crippen molar-refractivity contribution in [3.63, 3.8) is 0 Å². The van der Waals surface area contributed by atoms with Crippen molar-refractivity contribution in [3.8, 4) is 6.07 Å². The van der Waals surface area contributed by atoms with Gasteiger partial charge in [-0.2, -0.15) is 5.26 Å². The first-order chi connectivity index (χ1) is 7.98. The molecule has 1 heterocycles. The molecule has 0 N–H and O–H groups in total. The number of rotatable bonds is 5. The van der Waals surface area contributed by atoms with E-state index in [0.717, 1.165) is 39.1 Å². The fourth-order valence-electron chi connectivity index (χ4n) is 1.99. The predicted molar refractivity (Wildman–Crippen MR) is 68.8 cm³/mol. The summed E-state index contributed by atoms with van der Waals surface area (Å²) in [5.74, 6) is 0. The van der Waals surface area contributed by atoms with Gasteiger partial charge in [0, 0.05) is 39.8 Å². The van der Waals surface area contributed by atoms with Gasteiger partial charge in [-0.25, -0.2) is 0 Å². The van der Waals surface area contributed by atoms with Gasteiger partial charge in [-0.15, -0.1) is 0 Å². The molecule has 0 spiro atoms. The Balaban J connectivity index is 2.26. The van der Waals surface area contributed by atoms with Crippen molar-refractivity contribution in [2.45, 2.75) is 38.8 Å². The molecule has 0 aliphatic carbocycles. The Morgan fingerprint density at radius 2 is 1.88 bits per heavy atom. The van der Waals surface area contributed by atoms with E-state index in [0.29, 0.717) is 0 Å². The van der Waals surface area contributed by atoms with Crippen LogP contribution in [0, 0.1) is 11.3 Å². The predicted octanol–water partition coefficient (Wildman–Crippen LogP) is 1.33. The van der Waals surface area contributed by atoms with Gasteiger partial charge in [-0.3, -0.25) is 4.90 Å². The molecule has 1 fully saturated rings. The van der Waals surface area contributed by atoms with E-state index in [1.807, 2.05) is 6.92 Å². The zero-order chi connectivity index (χ0) is 12.9. The van der Waals surface area contributed by atoms with Crippen LogP contribution in [-0.4, -0.2) is 61.3 Å². The van der Waals surface area contributed by atoms with E-state index in [9.17, 15) is 0 Å². The number of nitrogens with zero attached hydrogens (tertiary/aromatic N) is 3. The number of ether oxygens (including phenoxy) is 1. The lowest BCUT2D eigenvalue weighted by Gasteiger charge is -2.37. The minimum Gasteiger partial charge on any atom is -0.379 e. The molecule has 0 aromatic rings. The van der Waals surface area contributed by atoms with E-state index in [2.05, 4.69) is 29.7 Å². The van der Waals surface area contributed by atoms with E-state index in [4.69, 9.17) is 10.00 Å². The molecular formula is C13H25N3O. The van der Waals surface area contributed by atoms with Gasteiger partial charge in [0.1, 0.15) is 0 Å². The van der Waals surface area contributed by atoms with Gasteiger partial charge in [0.2, 0.25) is 0 Å². The minimum absolute atomic E-state index is 0.0307. The largest absolute Gasteiger partial charge is 0.379 e. The highest BCUT2D eigenvalue weighted by atomic mass is 16.5. The van der Waals surface area contributed by atoms with E-state index in [1.165, 1.54) is 0 Å². The smallest absolute Gasteiger partial charge is 0.0950 e. The van der Waals surface area contributed by atoms with Gasteiger partial charge >= 0.3 is 0 Å². The first kappa shape index (κ1) is 14.4. The Kier molecular flexibility index (Phi) is 5.38. The Hall–Kier alpha value is -0.630.